The fourth-order valence-electron chi connectivity index (χ4n) is 3.39. The lowest BCUT2D eigenvalue weighted by Gasteiger charge is -2.34. The molecule has 0 aliphatic carbocycles. The summed E-state index contributed by atoms with van der Waals surface area (Å²) in [5.41, 5.74) is 8.64. The summed E-state index contributed by atoms with van der Waals surface area (Å²) in [6, 6.07) is 13.2. The van der Waals surface area contributed by atoms with Gasteiger partial charge in [0.25, 0.3) is 0 Å². The average molecular weight is 421 g/mol. The number of nitrogens with one attached hydrogen (secondary N) is 2. The second-order valence-corrected chi connectivity index (χ2v) is 7.26. The van der Waals surface area contributed by atoms with Gasteiger partial charge in [0.2, 0.25) is 5.91 Å². The molecular formula is C20H22Cl2N4O2. The molecule has 2 aromatic carbocycles. The van der Waals surface area contributed by atoms with Crippen molar-refractivity contribution in [1.29, 1.82) is 0 Å². The number of halogens is 2. The van der Waals surface area contributed by atoms with Crippen molar-refractivity contribution in [2.75, 3.05) is 25.1 Å². The van der Waals surface area contributed by atoms with Crippen LogP contribution in [0, 0.1) is 5.41 Å². The number of fused-ring (bicyclic) bond motifs is 1. The Morgan fingerprint density at radius 1 is 1.21 bits per heavy atom. The molecule has 1 aromatic heterocycles. The van der Waals surface area contributed by atoms with Crippen LogP contribution in [0.15, 0.2) is 42.5 Å². The minimum atomic E-state index is -0.549. The Morgan fingerprint density at radius 3 is 2.57 bits per heavy atom. The molecule has 6 nitrogen and oxygen atoms in total. The van der Waals surface area contributed by atoms with Gasteiger partial charge in [-0.2, -0.15) is 0 Å². The molecule has 0 unspecified atom stereocenters. The van der Waals surface area contributed by atoms with E-state index in [9.17, 15) is 4.79 Å². The van der Waals surface area contributed by atoms with Crippen molar-refractivity contribution in [2.45, 2.75) is 12.8 Å². The molecule has 8 heteroatoms. The zero-order valence-electron chi connectivity index (χ0n) is 15.2. The zero-order valence-corrected chi connectivity index (χ0v) is 16.8. The number of H-pyrrole nitrogens is 1. The standard InChI is InChI=1S/C20H21ClN4O2.ClH/c21-15-2-1-3-16-17(15)25-18(24-16)13-4-6-14(7-5-13)23-19(26)20(12-22)8-10-27-11-9-20;/h1-7H,8-12,22H2,(H,23,26)(H,24,25);1H. The van der Waals surface area contributed by atoms with Crippen molar-refractivity contribution in [1.82, 2.24) is 9.97 Å². The monoisotopic (exact) mass is 420 g/mol. The molecule has 1 fully saturated rings. The van der Waals surface area contributed by atoms with Crippen LogP contribution < -0.4 is 11.1 Å². The maximum Gasteiger partial charge on any atom is 0.232 e. The highest BCUT2D eigenvalue weighted by atomic mass is 35.5. The van der Waals surface area contributed by atoms with Crippen molar-refractivity contribution >= 4 is 46.6 Å². The number of carbonyl (C=O) groups is 1. The highest BCUT2D eigenvalue weighted by Gasteiger charge is 2.38. The third-order valence-corrected chi connectivity index (χ3v) is 5.51. The Labute approximate surface area is 174 Å². The molecule has 4 rings (SSSR count). The van der Waals surface area contributed by atoms with Gasteiger partial charge in [-0.25, -0.2) is 4.98 Å². The average Bonchev–Trinajstić information content (AvgIpc) is 3.15. The lowest BCUT2D eigenvalue weighted by atomic mass is 9.79. The second-order valence-electron chi connectivity index (χ2n) is 6.85. The molecule has 1 aliphatic rings. The number of para-hydroxylation sites is 1. The molecule has 0 radical (unpaired) electrons. The lowest BCUT2D eigenvalue weighted by Crippen LogP contribution is -2.46. The van der Waals surface area contributed by atoms with E-state index in [1.165, 1.54) is 0 Å². The number of rotatable bonds is 4. The van der Waals surface area contributed by atoms with Crippen LogP contribution in [-0.2, 0) is 9.53 Å². The van der Waals surface area contributed by atoms with Crippen molar-refractivity contribution < 1.29 is 9.53 Å². The predicted octanol–water partition coefficient (Wildman–Crippen LogP) is 4.00. The van der Waals surface area contributed by atoms with E-state index in [0.717, 1.165) is 28.1 Å². The summed E-state index contributed by atoms with van der Waals surface area (Å²) in [5.74, 6) is 0.690. The Balaban J connectivity index is 0.00000225. The van der Waals surface area contributed by atoms with Gasteiger partial charge in [-0.1, -0.05) is 17.7 Å². The van der Waals surface area contributed by atoms with Gasteiger partial charge in [0.1, 0.15) is 11.3 Å². The van der Waals surface area contributed by atoms with E-state index in [1.54, 1.807) is 0 Å². The third kappa shape index (κ3) is 3.86. The number of aromatic amines is 1. The Morgan fingerprint density at radius 2 is 1.93 bits per heavy atom. The summed E-state index contributed by atoms with van der Waals surface area (Å²) in [7, 11) is 0. The van der Waals surface area contributed by atoms with Crippen molar-refractivity contribution in [3.05, 3.63) is 47.5 Å². The third-order valence-electron chi connectivity index (χ3n) is 5.20. The first-order valence-corrected chi connectivity index (χ1v) is 9.33. The first-order chi connectivity index (χ1) is 13.1. The summed E-state index contributed by atoms with van der Waals surface area (Å²) in [4.78, 5) is 20.6. The minimum Gasteiger partial charge on any atom is -0.381 e. The number of nitrogens with two attached hydrogens (primary N) is 1. The number of nitrogens with zero attached hydrogens (tertiary/aromatic N) is 1. The molecule has 2 heterocycles. The van der Waals surface area contributed by atoms with E-state index in [2.05, 4.69) is 15.3 Å². The smallest absolute Gasteiger partial charge is 0.232 e. The summed E-state index contributed by atoms with van der Waals surface area (Å²) < 4.78 is 5.37. The van der Waals surface area contributed by atoms with Gasteiger partial charge in [0.15, 0.2) is 0 Å². The molecule has 0 atom stereocenters. The Hall–Kier alpha value is -2.12. The van der Waals surface area contributed by atoms with Crippen LogP contribution in [0.1, 0.15) is 12.8 Å². The van der Waals surface area contributed by atoms with E-state index in [4.69, 9.17) is 22.1 Å². The number of hydrogen-bond acceptors (Lipinski definition) is 4. The summed E-state index contributed by atoms with van der Waals surface area (Å²) in [5, 5.41) is 3.60. The van der Waals surface area contributed by atoms with Gasteiger partial charge < -0.3 is 20.8 Å². The van der Waals surface area contributed by atoms with Crippen LogP contribution in [0.5, 0.6) is 0 Å². The highest BCUT2D eigenvalue weighted by Crippen LogP contribution is 2.31. The number of imidazole rings is 1. The van der Waals surface area contributed by atoms with Crippen LogP contribution >= 0.6 is 24.0 Å². The van der Waals surface area contributed by atoms with E-state index < -0.39 is 5.41 Å². The van der Waals surface area contributed by atoms with E-state index in [0.29, 0.717) is 37.6 Å². The number of anilines is 1. The minimum absolute atomic E-state index is 0. The fourth-order valence-corrected chi connectivity index (χ4v) is 3.61. The zero-order chi connectivity index (χ0) is 18.9. The number of benzene rings is 2. The lowest BCUT2D eigenvalue weighted by molar-refractivity contribution is -0.130. The number of ether oxygens (including phenoxy) is 1. The Bertz CT molecular complexity index is 966. The molecular weight excluding hydrogens is 399 g/mol. The second kappa shape index (κ2) is 8.49. The maximum atomic E-state index is 12.8. The number of aromatic nitrogens is 2. The molecule has 1 aliphatic heterocycles. The highest BCUT2D eigenvalue weighted by molar-refractivity contribution is 6.35. The van der Waals surface area contributed by atoms with Crippen LogP contribution in [0.4, 0.5) is 5.69 Å². The first kappa shape index (κ1) is 20.6. The Kier molecular flexibility index (Phi) is 6.25. The SMILES string of the molecule is Cl.NCC1(C(=O)Nc2ccc(-c3nc4c(Cl)cccc4[nH]3)cc2)CCOCC1. The molecule has 148 valence electrons. The van der Waals surface area contributed by atoms with E-state index >= 15 is 0 Å². The largest absolute Gasteiger partial charge is 0.381 e. The van der Waals surface area contributed by atoms with Crippen molar-refractivity contribution in [2.24, 2.45) is 11.1 Å². The van der Waals surface area contributed by atoms with Gasteiger partial charge in [0, 0.05) is 31.0 Å². The molecule has 3 aromatic rings. The van der Waals surface area contributed by atoms with Gasteiger partial charge in [-0.05, 0) is 49.2 Å². The van der Waals surface area contributed by atoms with Gasteiger partial charge in [-0.3, -0.25) is 4.79 Å². The molecule has 0 saturated carbocycles. The molecule has 4 N–H and O–H groups in total. The summed E-state index contributed by atoms with van der Waals surface area (Å²) >= 11 is 6.19. The van der Waals surface area contributed by atoms with Crippen molar-refractivity contribution in [3.63, 3.8) is 0 Å². The van der Waals surface area contributed by atoms with Crippen LogP contribution in [-0.4, -0.2) is 35.6 Å². The van der Waals surface area contributed by atoms with Crippen LogP contribution in [0.2, 0.25) is 5.02 Å². The van der Waals surface area contributed by atoms with Gasteiger partial charge in [-0.15, -0.1) is 12.4 Å². The number of amides is 1. The molecule has 0 bridgehead atoms. The topological polar surface area (TPSA) is 93.0 Å². The first-order valence-electron chi connectivity index (χ1n) is 8.95. The quantitative estimate of drug-likeness (QED) is 0.594. The fraction of sp³-hybridized carbons (Fsp3) is 0.300. The molecule has 1 amide bonds. The molecule has 0 spiro atoms. The van der Waals surface area contributed by atoms with Crippen LogP contribution in [0.3, 0.4) is 0 Å². The maximum absolute atomic E-state index is 12.8. The van der Waals surface area contributed by atoms with Crippen molar-refractivity contribution in [3.8, 4) is 11.4 Å². The van der Waals surface area contributed by atoms with E-state index in [-0.39, 0.29) is 18.3 Å². The normalized spacial score (nSPS) is 15.8. The molecule has 1 saturated heterocycles. The van der Waals surface area contributed by atoms with Gasteiger partial charge in [0.05, 0.1) is 16.0 Å². The van der Waals surface area contributed by atoms with Crippen LogP contribution in [0.25, 0.3) is 22.4 Å². The van der Waals surface area contributed by atoms with Gasteiger partial charge >= 0.3 is 0 Å². The molecule has 28 heavy (non-hydrogen) atoms. The predicted molar refractivity (Wildman–Crippen MR) is 114 cm³/mol. The summed E-state index contributed by atoms with van der Waals surface area (Å²) in [6.07, 6.45) is 1.29. The summed E-state index contributed by atoms with van der Waals surface area (Å²) in [6.45, 7) is 1.45. The number of hydrogen-bond donors (Lipinski definition) is 3. The van der Waals surface area contributed by atoms with E-state index in [1.807, 2.05) is 42.5 Å². The number of carbonyl (C=O) groups excluding carboxylic acids is 1.